The summed E-state index contributed by atoms with van der Waals surface area (Å²) in [6.07, 6.45) is 5.68. The van der Waals surface area contributed by atoms with E-state index in [1.165, 1.54) is 12.3 Å². The molecule has 3 aromatic heterocycles. The number of nitrogens with zero attached hydrogens (tertiary/aromatic N) is 4. The third-order valence-corrected chi connectivity index (χ3v) is 4.90. The molecular weight excluding hydrogens is 398 g/mol. The molecule has 9 nitrogen and oxygen atoms in total. The zero-order valence-electron chi connectivity index (χ0n) is 18.0. The summed E-state index contributed by atoms with van der Waals surface area (Å²) in [4.78, 5) is 21.3. The fraction of sp³-hybridized carbons (Fsp3) is 0.333. The van der Waals surface area contributed by atoms with E-state index in [1.807, 2.05) is 23.5 Å². The second kappa shape index (κ2) is 8.12. The largest absolute Gasteiger partial charge is 0.497 e. The van der Waals surface area contributed by atoms with Crippen LogP contribution in [0.1, 0.15) is 29.6 Å². The number of hydrogen-bond donors (Lipinski definition) is 3. The highest BCUT2D eigenvalue weighted by molar-refractivity contribution is 6.58. The van der Waals surface area contributed by atoms with E-state index in [9.17, 15) is 9.18 Å². The van der Waals surface area contributed by atoms with Crippen molar-refractivity contribution in [1.82, 2.24) is 24.9 Å². The molecule has 1 amide bonds. The highest BCUT2D eigenvalue weighted by Crippen LogP contribution is 2.29. The highest BCUT2D eigenvalue weighted by atomic mass is 19.1. The van der Waals surface area contributed by atoms with Gasteiger partial charge in [0.15, 0.2) is 5.65 Å². The van der Waals surface area contributed by atoms with Gasteiger partial charge in [0, 0.05) is 30.5 Å². The van der Waals surface area contributed by atoms with Gasteiger partial charge in [-0.25, -0.2) is 14.4 Å². The van der Waals surface area contributed by atoms with Crippen LogP contribution >= 0.6 is 0 Å². The van der Waals surface area contributed by atoms with Gasteiger partial charge in [-0.05, 0) is 19.3 Å². The normalized spacial score (nSPS) is 14.1. The molecule has 3 heterocycles. The first-order valence-corrected chi connectivity index (χ1v) is 10.2. The molecule has 0 radical (unpaired) electrons. The minimum atomic E-state index is -0.521. The lowest BCUT2D eigenvalue weighted by molar-refractivity contribution is 0.0918. The third-order valence-electron chi connectivity index (χ3n) is 4.90. The average molecular weight is 421 g/mol. The Balaban J connectivity index is 1.70. The number of nitrogens with one attached hydrogen (secondary N) is 3. The standard InChI is InChI=1S/C18H23B3FN7O2/c1-23-14-6-13(27-12-5-9(22)7-24-17(12)31-18(19,20)21)28-15-11(8-25-29(14)15)16(30)26-10-3-2-4-10/h5-8,10,23H,2-4,19-21H2,1H3,(H,26,30)(H,27,28). The minimum absolute atomic E-state index is 0.197. The topological polar surface area (TPSA) is 105 Å². The summed E-state index contributed by atoms with van der Waals surface area (Å²) in [6, 6.07) is 3.20. The number of fused-ring (bicyclic) bond motifs is 1. The zero-order chi connectivity index (χ0) is 22.2. The lowest BCUT2D eigenvalue weighted by Crippen LogP contribution is -2.39. The van der Waals surface area contributed by atoms with E-state index in [4.69, 9.17) is 4.74 Å². The minimum Gasteiger partial charge on any atom is -0.497 e. The number of ether oxygens (including phenoxy) is 1. The molecule has 1 aliphatic rings. The summed E-state index contributed by atoms with van der Waals surface area (Å²) in [5.74, 6) is 0.524. The van der Waals surface area contributed by atoms with Crippen molar-refractivity contribution in [1.29, 1.82) is 0 Å². The number of carbonyl (C=O) groups is 1. The SMILES string of the molecule is BC(B)(B)Oc1ncc(F)cc1Nc1cc(NC)n2ncc(C(=O)NC3CCC3)c2n1. The van der Waals surface area contributed by atoms with E-state index in [1.54, 1.807) is 17.6 Å². The van der Waals surface area contributed by atoms with E-state index in [0.717, 1.165) is 25.5 Å². The zero-order valence-corrected chi connectivity index (χ0v) is 18.0. The number of rotatable bonds is 7. The van der Waals surface area contributed by atoms with Crippen molar-refractivity contribution < 1.29 is 13.9 Å². The van der Waals surface area contributed by atoms with Gasteiger partial charge in [0.25, 0.3) is 5.91 Å². The number of amides is 1. The van der Waals surface area contributed by atoms with Crippen molar-refractivity contribution in [3.8, 4) is 5.88 Å². The van der Waals surface area contributed by atoms with Crippen LogP contribution in [0.3, 0.4) is 0 Å². The van der Waals surface area contributed by atoms with Crippen molar-refractivity contribution in [3.05, 3.63) is 35.9 Å². The molecule has 158 valence electrons. The van der Waals surface area contributed by atoms with Gasteiger partial charge in [-0.2, -0.15) is 9.61 Å². The Kier molecular flexibility index (Phi) is 5.51. The second-order valence-electron chi connectivity index (χ2n) is 8.52. The number of carbonyl (C=O) groups excluding carboxylic acids is 1. The molecule has 3 N–H and O–H groups in total. The van der Waals surface area contributed by atoms with Crippen LogP contribution in [0, 0.1) is 5.82 Å². The molecule has 4 rings (SSSR count). The molecule has 0 bridgehead atoms. The first kappa shape index (κ1) is 21.0. The van der Waals surface area contributed by atoms with Crippen LogP contribution < -0.4 is 20.7 Å². The number of halogens is 1. The predicted molar refractivity (Wildman–Crippen MR) is 124 cm³/mol. The Labute approximate surface area is 181 Å². The first-order valence-electron chi connectivity index (χ1n) is 10.2. The van der Waals surface area contributed by atoms with Crippen molar-refractivity contribution in [2.45, 2.75) is 30.6 Å². The molecule has 0 saturated heterocycles. The summed E-state index contributed by atoms with van der Waals surface area (Å²) in [7, 11) is 7.38. The van der Waals surface area contributed by atoms with Crippen molar-refractivity contribution in [3.63, 3.8) is 0 Å². The molecule has 13 heteroatoms. The van der Waals surface area contributed by atoms with E-state index >= 15 is 0 Å². The first-order chi connectivity index (χ1) is 14.7. The smallest absolute Gasteiger partial charge is 0.256 e. The van der Waals surface area contributed by atoms with Crippen molar-refractivity contribution in [2.24, 2.45) is 0 Å². The summed E-state index contributed by atoms with van der Waals surface area (Å²) in [5, 5.41) is 12.9. The maximum atomic E-state index is 13.9. The van der Waals surface area contributed by atoms with Crippen LogP contribution in [0.25, 0.3) is 5.65 Å². The number of hydrogen-bond acceptors (Lipinski definition) is 7. The monoisotopic (exact) mass is 421 g/mol. The van der Waals surface area contributed by atoms with Gasteiger partial charge in [-0.15, -0.1) is 0 Å². The van der Waals surface area contributed by atoms with Gasteiger partial charge in [-0.3, -0.25) is 4.79 Å². The van der Waals surface area contributed by atoms with Gasteiger partial charge in [-0.1, -0.05) is 0 Å². The molecule has 0 aromatic carbocycles. The third kappa shape index (κ3) is 4.60. The molecule has 1 saturated carbocycles. The van der Waals surface area contributed by atoms with E-state index < -0.39 is 11.1 Å². The molecule has 1 fully saturated rings. The maximum absolute atomic E-state index is 13.9. The molecule has 31 heavy (non-hydrogen) atoms. The Morgan fingerprint density at radius 2 is 2.06 bits per heavy atom. The summed E-state index contributed by atoms with van der Waals surface area (Å²) < 4.78 is 21.3. The van der Waals surface area contributed by atoms with E-state index in [0.29, 0.717) is 28.5 Å². The van der Waals surface area contributed by atoms with Crippen LogP contribution in [-0.2, 0) is 0 Å². The number of anilines is 3. The van der Waals surface area contributed by atoms with E-state index in [2.05, 4.69) is 31.0 Å². The summed E-state index contributed by atoms with van der Waals surface area (Å²) in [5.41, 5.74) is 1.08. The van der Waals surface area contributed by atoms with Gasteiger partial charge in [0.05, 0.1) is 12.4 Å². The number of aromatic nitrogens is 4. The Hall–Kier alpha value is -3.24. The van der Waals surface area contributed by atoms with Crippen LogP contribution in [-0.4, -0.2) is 67.4 Å². The average Bonchev–Trinajstić information content (AvgIpc) is 3.09. The van der Waals surface area contributed by atoms with Gasteiger partial charge < -0.3 is 20.7 Å². The maximum Gasteiger partial charge on any atom is 0.256 e. The molecule has 0 atom stereocenters. The van der Waals surface area contributed by atoms with Crippen LogP contribution in [0.15, 0.2) is 24.5 Å². The predicted octanol–water partition coefficient (Wildman–Crippen LogP) is -0.780. The lowest BCUT2D eigenvalue weighted by atomic mass is 9.52. The Morgan fingerprint density at radius 3 is 2.71 bits per heavy atom. The number of pyridine rings is 1. The van der Waals surface area contributed by atoms with Gasteiger partial charge in [0.2, 0.25) is 5.88 Å². The molecule has 0 unspecified atom stereocenters. The molecular formula is C18H23B3FN7O2. The van der Waals surface area contributed by atoms with Crippen LogP contribution in [0.2, 0.25) is 0 Å². The molecule has 0 aliphatic heterocycles. The van der Waals surface area contributed by atoms with Gasteiger partial charge in [0.1, 0.15) is 52.2 Å². The highest BCUT2D eigenvalue weighted by Gasteiger charge is 2.24. The molecule has 0 spiro atoms. The van der Waals surface area contributed by atoms with Crippen LogP contribution in [0.4, 0.5) is 21.7 Å². The molecule has 3 aromatic rings. The quantitative estimate of drug-likeness (QED) is 0.431. The Bertz CT molecular complexity index is 1130. The van der Waals surface area contributed by atoms with E-state index in [-0.39, 0.29) is 17.8 Å². The summed E-state index contributed by atoms with van der Waals surface area (Å²) in [6.45, 7) is 0. The fourth-order valence-corrected chi connectivity index (χ4v) is 3.21. The molecule has 1 aliphatic carbocycles. The lowest BCUT2D eigenvalue weighted by Gasteiger charge is -2.26. The van der Waals surface area contributed by atoms with Crippen molar-refractivity contribution >= 4 is 52.4 Å². The summed E-state index contributed by atoms with van der Waals surface area (Å²) >= 11 is 0. The van der Waals surface area contributed by atoms with Crippen LogP contribution in [0.5, 0.6) is 5.88 Å². The van der Waals surface area contributed by atoms with Crippen molar-refractivity contribution in [2.75, 3.05) is 17.7 Å². The second-order valence-corrected chi connectivity index (χ2v) is 8.52. The Morgan fingerprint density at radius 1 is 1.29 bits per heavy atom. The van der Waals surface area contributed by atoms with Gasteiger partial charge >= 0.3 is 0 Å². The fourth-order valence-electron chi connectivity index (χ4n) is 3.21.